The summed E-state index contributed by atoms with van der Waals surface area (Å²) in [4.78, 5) is 4.53. The van der Waals surface area contributed by atoms with Gasteiger partial charge in [0.25, 0.3) is 0 Å². The van der Waals surface area contributed by atoms with E-state index in [-0.39, 0.29) is 0 Å². The van der Waals surface area contributed by atoms with Crippen molar-refractivity contribution in [2.45, 2.75) is 0 Å². The van der Waals surface area contributed by atoms with Crippen LogP contribution < -0.4 is 15.9 Å². The maximum absolute atomic E-state index is 14.4. The first-order chi connectivity index (χ1) is 11.8. The molecule has 0 radical (unpaired) electrons. The number of rotatable bonds is 3. The molecular formula is C21H16NOP. The van der Waals surface area contributed by atoms with E-state index in [4.69, 9.17) is 0 Å². The first-order valence-corrected chi connectivity index (χ1v) is 9.56. The molecule has 116 valence electrons. The molecule has 2 nitrogen and oxygen atoms in total. The third-order valence-corrected chi connectivity index (χ3v) is 7.28. The second-order valence-corrected chi connectivity index (χ2v) is 8.37. The van der Waals surface area contributed by atoms with E-state index in [2.05, 4.69) is 4.98 Å². The van der Waals surface area contributed by atoms with E-state index in [1.807, 2.05) is 91.0 Å². The van der Waals surface area contributed by atoms with Gasteiger partial charge in [0.2, 0.25) is 0 Å². The molecule has 0 unspecified atom stereocenters. The van der Waals surface area contributed by atoms with Gasteiger partial charge in [-0.3, -0.25) is 4.98 Å². The number of pyridine rings is 1. The Morgan fingerprint density at radius 1 is 0.625 bits per heavy atom. The molecular weight excluding hydrogens is 313 g/mol. The largest absolute Gasteiger partial charge is 0.309 e. The van der Waals surface area contributed by atoms with Crippen molar-refractivity contribution in [3.05, 3.63) is 97.2 Å². The lowest BCUT2D eigenvalue weighted by molar-refractivity contribution is 0.592. The number of nitrogens with zero attached hydrogens (tertiary/aromatic N) is 1. The average Bonchev–Trinajstić information content (AvgIpc) is 2.68. The van der Waals surface area contributed by atoms with Crippen LogP contribution in [0.5, 0.6) is 0 Å². The lowest BCUT2D eigenvalue weighted by Crippen LogP contribution is -2.25. The summed E-state index contributed by atoms with van der Waals surface area (Å²) in [7, 11) is -2.98. The third kappa shape index (κ3) is 2.36. The first kappa shape index (κ1) is 14.9. The van der Waals surface area contributed by atoms with Gasteiger partial charge >= 0.3 is 0 Å². The Kier molecular flexibility index (Phi) is 3.76. The highest BCUT2D eigenvalue weighted by molar-refractivity contribution is 7.85. The zero-order chi connectivity index (χ0) is 16.4. The van der Waals surface area contributed by atoms with Gasteiger partial charge in [-0.1, -0.05) is 78.9 Å². The van der Waals surface area contributed by atoms with Crippen LogP contribution in [0.25, 0.3) is 10.9 Å². The van der Waals surface area contributed by atoms with Gasteiger partial charge < -0.3 is 4.57 Å². The van der Waals surface area contributed by atoms with Crippen LogP contribution in [0.2, 0.25) is 0 Å². The van der Waals surface area contributed by atoms with Crippen LogP contribution in [-0.4, -0.2) is 4.98 Å². The van der Waals surface area contributed by atoms with Gasteiger partial charge in [0.15, 0.2) is 7.14 Å². The standard InChI is InChI=1S/C21H16NOP/c23-24(18-11-3-1-4-12-18,19-13-5-2-6-14-19)20-15-7-9-17-10-8-16-22-21(17)20/h1-16H. The van der Waals surface area contributed by atoms with Gasteiger partial charge in [-0.25, -0.2) is 0 Å². The molecule has 0 fully saturated rings. The minimum atomic E-state index is -2.98. The van der Waals surface area contributed by atoms with E-state index in [1.165, 1.54) is 0 Å². The van der Waals surface area contributed by atoms with E-state index < -0.39 is 7.14 Å². The van der Waals surface area contributed by atoms with Crippen molar-refractivity contribution in [3.8, 4) is 0 Å². The summed E-state index contributed by atoms with van der Waals surface area (Å²) in [5.74, 6) is 0. The summed E-state index contributed by atoms with van der Waals surface area (Å²) in [6.07, 6.45) is 1.76. The van der Waals surface area contributed by atoms with Crippen LogP contribution in [0.3, 0.4) is 0 Å². The fourth-order valence-electron chi connectivity index (χ4n) is 3.05. The van der Waals surface area contributed by atoms with E-state index in [0.29, 0.717) is 0 Å². The van der Waals surface area contributed by atoms with Crippen LogP contribution >= 0.6 is 7.14 Å². The summed E-state index contributed by atoms with van der Waals surface area (Å²) in [5, 5.41) is 3.45. The summed E-state index contributed by atoms with van der Waals surface area (Å²) < 4.78 is 14.4. The number of fused-ring (bicyclic) bond motifs is 1. The number of aromatic nitrogens is 1. The van der Waals surface area contributed by atoms with Crippen molar-refractivity contribution in [2.75, 3.05) is 0 Å². The number of para-hydroxylation sites is 1. The van der Waals surface area contributed by atoms with Gasteiger partial charge in [-0.15, -0.1) is 0 Å². The lowest BCUT2D eigenvalue weighted by atomic mass is 10.2. The first-order valence-electron chi connectivity index (χ1n) is 7.86. The van der Waals surface area contributed by atoms with E-state index in [1.54, 1.807) is 6.20 Å². The van der Waals surface area contributed by atoms with Crippen molar-refractivity contribution >= 4 is 34.0 Å². The molecule has 3 heteroatoms. The molecule has 0 saturated carbocycles. The van der Waals surface area contributed by atoms with E-state index in [0.717, 1.165) is 26.8 Å². The van der Waals surface area contributed by atoms with Crippen LogP contribution in [0.15, 0.2) is 97.2 Å². The van der Waals surface area contributed by atoms with Gasteiger partial charge in [0.1, 0.15) is 0 Å². The molecule has 24 heavy (non-hydrogen) atoms. The molecule has 0 spiro atoms. The smallest absolute Gasteiger partial charge is 0.173 e. The summed E-state index contributed by atoms with van der Waals surface area (Å²) >= 11 is 0. The van der Waals surface area contributed by atoms with E-state index in [9.17, 15) is 4.57 Å². The molecule has 4 aromatic rings. The molecule has 0 aliphatic rings. The second kappa shape index (κ2) is 6.07. The Morgan fingerprint density at radius 3 is 1.83 bits per heavy atom. The minimum Gasteiger partial charge on any atom is -0.309 e. The molecule has 1 heterocycles. The zero-order valence-corrected chi connectivity index (χ0v) is 13.9. The highest BCUT2D eigenvalue weighted by Crippen LogP contribution is 2.43. The van der Waals surface area contributed by atoms with Crippen molar-refractivity contribution in [1.29, 1.82) is 0 Å². The Bertz CT molecular complexity index is 980. The van der Waals surface area contributed by atoms with Crippen molar-refractivity contribution in [1.82, 2.24) is 4.98 Å². The van der Waals surface area contributed by atoms with Gasteiger partial charge in [0, 0.05) is 27.5 Å². The molecule has 0 aliphatic carbocycles. The fourth-order valence-corrected chi connectivity index (χ4v) is 5.86. The Hall–Kier alpha value is -2.70. The predicted octanol–water partition coefficient (Wildman–Crippen LogP) is 3.87. The fraction of sp³-hybridized carbons (Fsp3) is 0. The Morgan fingerprint density at radius 2 is 1.21 bits per heavy atom. The molecule has 0 amide bonds. The van der Waals surface area contributed by atoms with Gasteiger partial charge in [-0.05, 0) is 12.1 Å². The van der Waals surface area contributed by atoms with Crippen LogP contribution in [0.1, 0.15) is 0 Å². The molecule has 1 aromatic heterocycles. The zero-order valence-electron chi connectivity index (χ0n) is 13.0. The topological polar surface area (TPSA) is 30.0 Å². The number of hydrogen-bond acceptors (Lipinski definition) is 2. The van der Waals surface area contributed by atoms with Crippen LogP contribution in [0.4, 0.5) is 0 Å². The molecule has 0 atom stereocenters. The third-order valence-electron chi connectivity index (χ3n) is 4.19. The second-order valence-electron chi connectivity index (χ2n) is 5.63. The highest BCUT2D eigenvalue weighted by atomic mass is 31.2. The monoisotopic (exact) mass is 329 g/mol. The van der Waals surface area contributed by atoms with Crippen molar-refractivity contribution < 1.29 is 4.57 Å². The Labute approximate surface area is 141 Å². The highest BCUT2D eigenvalue weighted by Gasteiger charge is 2.31. The summed E-state index contributed by atoms with van der Waals surface area (Å²) in [6, 6.07) is 29.2. The quantitative estimate of drug-likeness (QED) is 0.534. The van der Waals surface area contributed by atoms with Crippen molar-refractivity contribution in [3.63, 3.8) is 0 Å². The normalized spacial score (nSPS) is 11.5. The maximum Gasteiger partial charge on any atom is 0.173 e. The van der Waals surface area contributed by atoms with Crippen LogP contribution in [0, 0.1) is 0 Å². The maximum atomic E-state index is 14.4. The van der Waals surface area contributed by atoms with Crippen molar-refractivity contribution in [2.24, 2.45) is 0 Å². The molecule has 0 bridgehead atoms. The molecule has 0 saturated heterocycles. The predicted molar refractivity (Wildman–Crippen MR) is 101 cm³/mol. The average molecular weight is 329 g/mol. The molecule has 0 N–H and O–H groups in total. The molecule has 4 rings (SSSR count). The van der Waals surface area contributed by atoms with Gasteiger partial charge in [-0.2, -0.15) is 0 Å². The minimum absolute atomic E-state index is 0.790. The summed E-state index contributed by atoms with van der Waals surface area (Å²) in [5.41, 5.74) is 0.802. The lowest BCUT2D eigenvalue weighted by Gasteiger charge is -2.21. The van der Waals surface area contributed by atoms with Gasteiger partial charge in [0.05, 0.1) is 5.52 Å². The SMILES string of the molecule is O=P(c1ccccc1)(c1ccccc1)c1cccc2cccnc12. The number of hydrogen-bond donors (Lipinski definition) is 0. The Balaban J connectivity index is 2.09. The summed E-state index contributed by atoms with van der Waals surface area (Å²) in [6.45, 7) is 0. The molecule has 3 aromatic carbocycles. The van der Waals surface area contributed by atoms with Crippen LogP contribution in [-0.2, 0) is 4.57 Å². The van der Waals surface area contributed by atoms with E-state index >= 15 is 0 Å². The molecule has 0 aliphatic heterocycles. The number of benzene rings is 3.